The number of aryl methyl sites for hydroxylation is 1. The Morgan fingerprint density at radius 3 is 2.73 bits per heavy atom. The molecule has 1 aromatic heterocycles. The second kappa shape index (κ2) is 4.31. The summed E-state index contributed by atoms with van der Waals surface area (Å²) in [6.07, 6.45) is 0. The van der Waals surface area contributed by atoms with Gasteiger partial charge in [-0.3, -0.25) is 9.89 Å². The maximum atomic E-state index is 11.8. The average molecular weight is 212 g/mol. The summed E-state index contributed by atoms with van der Waals surface area (Å²) < 4.78 is 0. The molecule has 0 aromatic carbocycles. The minimum atomic E-state index is -0.293. The minimum Gasteiger partial charge on any atom is -0.395 e. The number of nitrogens with two attached hydrogens (primary N) is 1. The summed E-state index contributed by atoms with van der Waals surface area (Å²) in [5.74, 6) is -0.293. The van der Waals surface area contributed by atoms with Crippen LogP contribution in [0.3, 0.4) is 0 Å². The molecule has 84 valence electrons. The van der Waals surface area contributed by atoms with E-state index in [1.807, 2.05) is 0 Å². The lowest BCUT2D eigenvalue weighted by molar-refractivity contribution is 0.0677. The highest BCUT2D eigenvalue weighted by Crippen LogP contribution is 2.15. The number of carbonyl (C=O) groups is 1. The number of aromatic amines is 1. The lowest BCUT2D eigenvalue weighted by Crippen LogP contribution is -2.37. The van der Waals surface area contributed by atoms with Gasteiger partial charge in [-0.15, -0.1) is 0 Å². The molecular formula is C9H16N4O2. The highest BCUT2D eigenvalue weighted by molar-refractivity contribution is 5.97. The number of hydrogen-bond acceptors (Lipinski definition) is 4. The summed E-state index contributed by atoms with van der Waals surface area (Å²) in [5, 5.41) is 15.4. The number of carbonyl (C=O) groups excluding carboxylic acids is 1. The van der Waals surface area contributed by atoms with Crippen LogP contribution in [0.15, 0.2) is 0 Å². The quantitative estimate of drug-likeness (QED) is 0.644. The number of hydrogen-bond donors (Lipinski definition) is 3. The molecule has 0 aliphatic heterocycles. The van der Waals surface area contributed by atoms with E-state index in [4.69, 9.17) is 10.8 Å². The molecule has 0 radical (unpaired) electrons. The molecule has 4 N–H and O–H groups in total. The summed E-state index contributed by atoms with van der Waals surface area (Å²) in [5.41, 5.74) is 6.91. The number of nitrogens with one attached hydrogen (secondary N) is 1. The van der Waals surface area contributed by atoms with Gasteiger partial charge in [-0.2, -0.15) is 5.10 Å². The normalized spacial score (nSPS) is 12.5. The van der Waals surface area contributed by atoms with E-state index < -0.39 is 0 Å². The third-order valence-electron chi connectivity index (χ3n) is 2.44. The number of amides is 1. The molecule has 1 rings (SSSR count). The van der Waals surface area contributed by atoms with Crippen molar-refractivity contribution in [3.8, 4) is 0 Å². The maximum Gasteiger partial charge on any atom is 0.276 e. The molecule has 0 aliphatic carbocycles. The van der Waals surface area contributed by atoms with Crippen molar-refractivity contribution in [1.29, 1.82) is 0 Å². The van der Waals surface area contributed by atoms with Crippen molar-refractivity contribution in [1.82, 2.24) is 15.1 Å². The number of aromatic nitrogens is 2. The van der Waals surface area contributed by atoms with E-state index in [9.17, 15) is 4.79 Å². The molecule has 0 saturated heterocycles. The van der Waals surface area contributed by atoms with Crippen molar-refractivity contribution in [2.75, 3.05) is 19.4 Å². The molecule has 1 heterocycles. The highest BCUT2D eigenvalue weighted by atomic mass is 16.3. The highest BCUT2D eigenvalue weighted by Gasteiger charge is 2.22. The Kier molecular flexibility index (Phi) is 3.31. The number of aliphatic hydroxyl groups is 1. The standard InChI is InChI=1S/C9H16N4O2/c1-5(4-14)13(3)9(15)8-7(10)6(2)11-12-8/h5,14H,4,10H2,1-3H3,(H,11,12). The fourth-order valence-corrected chi connectivity index (χ4v) is 1.09. The zero-order valence-electron chi connectivity index (χ0n) is 9.11. The van der Waals surface area contributed by atoms with Gasteiger partial charge in [-0.05, 0) is 13.8 Å². The van der Waals surface area contributed by atoms with Crippen molar-refractivity contribution in [2.24, 2.45) is 0 Å². The SMILES string of the molecule is Cc1[nH]nc(C(=O)N(C)C(C)CO)c1N. The molecule has 6 nitrogen and oxygen atoms in total. The second-order valence-corrected chi connectivity index (χ2v) is 3.56. The van der Waals surface area contributed by atoms with Crippen LogP contribution >= 0.6 is 0 Å². The summed E-state index contributed by atoms with van der Waals surface area (Å²) in [6.45, 7) is 3.40. The fraction of sp³-hybridized carbons (Fsp3) is 0.556. The number of likely N-dealkylation sites (N-methyl/N-ethyl adjacent to an activating group) is 1. The van der Waals surface area contributed by atoms with Crippen LogP contribution in [0.4, 0.5) is 5.69 Å². The van der Waals surface area contributed by atoms with Crippen molar-refractivity contribution in [3.63, 3.8) is 0 Å². The van der Waals surface area contributed by atoms with Crippen molar-refractivity contribution in [3.05, 3.63) is 11.4 Å². The largest absolute Gasteiger partial charge is 0.395 e. The molecule has 1 aromatic rings. The van der Waals surface area contributed by atoms with Crippen LogP contribution in [0.25, 0.3) is 0 Å². The van der Waals surface area contributed by atoms with Gasteiger partial charge in [0.25, 0.3) is 5.91 Å². The first kappa shape index (κ1) is 11.5. The first-order chi connectivity index (χ1) is 6.99. The van der Waals surface area contributed by atoms with Gasteiger partial charge >= 0.3 is 0 Å². The Labute approximate surface area is 88.1 Å². The lowest BCUT2D eigenvalue weighted by atomic mass is 10.2. The molecular weight excluding hydrogens is 196 g/mol. The van der Waals surface area contributed by atoms with E-state index in [2.05, 4.69) is 10.2 Å². The topological polar surface area (TPSA) is 95.2 Å². The van der Waals surface area contributed by atoms with E-state index in [-0.39, 0.29) is 24.2 Å². The Morgan fingerprint density at radius 2 is 2.33 bits per heavy atom. The molecule has 0 spiro atoms. The first-order valence-corrected chi connectivity index (χ1v) is 4.67. The first-order valence-electron chi connectivity index (χ1n) is 4.67. The Bertz CT molecular complexity index is 361. The van der Waals surface area contributed by atoms with Crippen molar-refractivity contribution < 1.29 is 9.90 Å². The third kappa shape index (κ3) is 2.10. The second-order valence-electron chi connectivity index (χ2n) is 3.56. The summed E-state index contributed by atoms with van der Waals surface area (Å²) in [6, 6.07) is -0.256. The summed E-state index contributed by atoms with van der Waals surface area (Å²) >= 11 is 0. The van der Waals surface area contributed by atoms with Crippen LogP contribution in [0.2, 0.25) is 0 Å². The molecule has 15 heavy (non-hydrogen) atoms. The predicted molar refractivity (Wildman–Crippen MR) is 56.4 cm³/mol. The zero-order valence-corrected chi connectivity index (χ0v) is 9.11. The van der Waals surface area contributed by atoms with Crippen LogP contribution in [-0.2, 0) is 0 Å². The molecule has 0 bridgehead atoms. The summed E-state index contributed by atoms with van der Waals surface area (Å²) in [7, 11) is 1.60. The predicted octanol–water partition coefficient (Wildman–Crippen LogP) is -0.247. The van der Waals surface area contributed by atoms with Gasteiger partial charge in [-0.1, -0.05) is 0 Å². The van der Waals surface area contributed by atoms with E-state index >= 15 is 0 Å². The van der Waals surface area contributed by atoms with Gasteiger partial charge < -0.3 is 15.7 Å². The van der Waals surface area contributed by atoms with Gasteiger partial charge in [0, 0.05) is 7.05 Å². The van der Waals surface area contributed by atoms with Crippen LogP contribution in [0.1, 0.15) is 23.1 Å². The van der Waals surface area contributed by atoms with E-state index in [0.29, 0.717) is 11.4 Å². The molecule has 1 amide bonds. The molecule has 1 atom stereocenters. The van der Waals surface area contributed by atoms with E-state index in [0.717, 1.165) is 0 Å². The number of H-pyrrole nitrogens is 1. The van der Waals surface area contributed by atoms with Crippen LogP contribution in [-0.4, -0.2) is 45.8 Å². The van der Waals surface area contributed by atoms with Gasteiger partial charge in [0.1, 0.15) is 0 Å². The Morgan fingerprint density at radius 1 is 1.73 bits per heavy atom. The smallest absolute Gasteiger partial charge is 0.276 e. The number of aliphatic hydroxyl groups excluding tert-OH is 1. The monoisotopic (exact) mass is 212 g/mol. The molecule has 0 fully saturated rings. The van der Waals surface area contributed by atoms with Gasteiger partial charge in [0.15, 0.2) is 5.69 Å². The number of anilines is 1. The maximum absolute atomic E-state index is 11.8. The van der Waals surface area contributed by atoms with Gasteiger partial charge in [0.05, 0.1) is 24.0 Å². The van der Waals surface area contributed by atoms with Gasteiger partial charge in [0.2, 0.25) is 0 Å². The fourth-order valence-electron chi connectivity index (χ4n) is 1.09. The lowest BCUT2D eigenvalue weighted by Gasteiger charge is -2.22. The Balaban J connectivity index is 2.90. The van der Waals surface area contributed by atoms with Crippen LogP contribution < -0.4 is 5.73 Å². The van der Waals surface area contributed by atoms with Crippen LogP contribution in [0, 0.1) is 6.92 Å². The van der Waals surface area contributed by atoms with Gasteiger partial charge in [-0.25, -0.2) is 0 Å². The number of rotatable bonds is 3. The summed E-state index contributed by atoms with van der Waals surface area (Å²) in [4.78, 5) is 13.2. The molecule has 1 unspecified atom stereocenters. The molecule has 6 heteroatoms. The third-order valence-corrected chi connectivity index (χ3v) is 2.44. The van der Waals surface area contributed by atoms with Crippen molar-refractivity contribution in [2.45, 2.75) is 19.9 Å². The number of nitrogens with zero attached hydrogens (tertiary/aromatic N) is 2. The minimum absolute atomic E-state index is 0.0917. The van der Waals surface area contributed by atoms with Crippen molar-refractivity contribution >= 4 is 11.6 Å². The number of nitrogen functional groups attached to an aromatic ring is 1. The van der Waals surface area contributed by atoms with E-state index in [1.165, 1.54) is 4.90 Å². The average Bonchev–Trinajstić information content (AvgIpc) is 2.56. The Hall–Kier alpha value is -1.56. The van der Waals surface area contributed by atoms with Crippen LogP contribution in [0.5, 0.6) is 0 Å². The zero-order chi connectivity index (χ0) is 11.6. The molecule has 0 saturated carbocycles. The molecule has 0 aliphatic rings. The van der Waals surface area contributed by atoms with E-state index in [1.54, 1.807) is 20.9 Å².